The summed E-state index contributed by atoms with van der Waals surface area (Å²) in [7, 11) is 0. The van der Waals surface area contributed by atoms with Gasteiger partial charge in [-0.25, -0.2) is 4.98 Å². The van der Waals surface area contributed by atoms with Gasteiger partial charge in [0.25, 0.3) is 11.8 Å². The number of hydrogen-bond acceptors (Lipinski definition) is 6. The van der Waals surface area contributed by atoms with E-state index in [0.29, 0.717) is 33.4 Å². The summed E-state index contributed by atoms with van der Waals surface area (Å²) < 4.78 is 6.42. The molecule has 2 aliphatic heterocycles. The molecule has 2 amide bonds. The third-order valence-corrected chi connectivity index (χ3v) is 7.12. The summed E-state index contributed by atoms with van der Waals surface area (Å²) in [5.41, 5.74) is 2.24. The molecule has 0 aliphatic carbocycles. The summed E-state index contributed by atoms with van der Waals surface area (Å²) in [6.07, 6.45) is 6.85. The molecule has 2 aromatic carbocycles. The quantitative estimate of drug-likeness (QED) is 0.296. The molecule has 2 aliphatic rings. The maximum Gasteiger partial charge on any atom is 0.259 e. The van der Waals surface area contributed by atoms with E-state index in [1.165, 1.54) is 12.6 Å². The summed E-state index contributed by atoms with van der Waals surface area (Å²) in [4.78, 5) is 33.0. The van der Waals surface area contributed by atoms with Crippen LogP contribution in [-0.4, -0.2) is 49.1 Å². The van der Waals surface area contributed by atoms with Crippen LogP contribution in [0.3, 0.4) is 0 Å². The number of hydrogen-bond donors (Lipinski definition) is 3. The average molecular weight is 607 g/mol. The smallest absolute Gasteiger partial charge is 0.259 e. The molecule has 0 unspecified atom stereocenters. The minimum Gasteiger partial charge on any atom is -0.489 e. The lowest BCUT2D eigenvalue weighted by Gasteiger charge is -2.30. The number of piperidine rings is 2. The van der Waals surface area contributed by atoms with Gasteiger partial charge in [0.1, 0.15) is 17.7 Å². The average Bonchev–Trinajstić information content (AvgIpc) is 2.95. The zero-order valence-corrected chi connectivity index (χ0v) is 24.4. The van der Waals surface area contributed by atoms with Gasteiger partial charge in [-0.1, -0.05) is 23.7 Å². The summed E-state index contributed by atoms with van der Waals surface area (Å²) in [6, 6.07) is 16.0. The van der Waals surface area contributed by atoms with E-state index in [4.69, 9.17) is 16.3 Å². The highest BCUT2D eigenvalue weighted by atomic mass is 35.5. The van der Waals surface area contributed by atoms with Crippen LogP contribution >= 0.6 is 36.4 Å². The number of amides is 2. The van der Waals surface area contributed by atoms with Crippen molar-refractivity contribution in [2.45, 2.75) is 38.2 Å². The topological polar surface area (TPSA) is 95.6 Å². The number of pyridine rings is 1. The Morgan fingerprint density at radius 1 is 0.900 bits per heavy atom. The molecule has 0 atom stereocenters. The molecule has 0 radical (unpaired) electrons. The number of nitrogens with zero attached hydrogens (tertiary/aromatic N) is 2. The molecule has 11 heteroatoms. The van der Waals surface area contributed by atoms with E-state index < -0.39 is 0 Å². The Morgan fingerprint density at radius 2 is 1.62 bits per heavy atom. The molecular weight excluding hydrogens is 573 g/mol. The Labute approximate surface area is 252 Å². The van der Waals surface area contributed by atoms with Gasteiger partial charge in [-0.2, -0.15) is 0 Å². The first-order valence-electron chi connectivity index (χ1n) is 13.2. The number of anilines is 3. The van der Waals surface area contributed by atoms with Crippen molar-refractivity contribution in [1.82, 2.24) is 10.3 Å². The van der Waals surface area contributed by atoms with Crippen LogP contribution in [0.5, 0.6) is 5.75 Å². The lowest BCUT2D eigenvalue weighted by molar-refractivity contribution is 0.101. The van der Waals surface area contributed by atoms with Gasteiger partial charge < -0.3 is 25.6 Å². The fraction of sp³-hybridized carbons (Fsp3) is 0.345. The van der Waals surface area contributed by atoms with Gasteiger partial charge in [0.05, 0.1) is 21.8 Å². The van der Waals surface area contributed by atoms with Crippen molar-refractivity contribution in [3.05, 3.63) is 76.9 Å². The van der Waals surface area contributed by atoms with Crippen molar-refractivity contribution in [2.24, 2.45) is 0 Å². The lowest BCUT2D eigenvalue weighted by atomic mass is 10.1. The zero-order valence-electron chi connectivity index (χ0n) is 22.0. The number of halogens is 3. The number of para-hydroxylation sites is 1. The van der Waals surface area contributed by atoms with Gasteiger partial charge in [0, 0.05) is 31.0 Å². The van der Waals surface area contributed by atoms with Crippen LogP contribution in [0.2, 0.25) is 5.02 Å². The van der Waals surface area contributed by atoms with Crippen molar-refractivity contribution >= 4 is 65.4 Å². The Morgan fingerprint density at radius 3 is 2.35 bits per heavy atom. The second-order valence-electron chi connectivity index (χ2n) is 9.61. The molecule has 0 spiro atoms. The maximum absolute atomic E-state index is 13.6. The predicted molar refractivity (Wildman–Crippen MR) is 165 cm³/mol. The van der Waals surface area contributed by atoms with Gasteiger partial charge in [0.15, 0.2) is 0 Å². The van der Waals surface area contributed by atoms with Crippen LogP contribution < -0.4 is 25.6 Å². The number of carbonyl (C=O) groups excluding carboxylic acids is 2. The molecule has 40 heavy (non-hydrogen) atoms. The molecule has 0 bridgehead atoms. The standard InChI is InChI=1S/C29H32ClN5O3.2ClH/c30-20-8-11-27(32-19-20)34-28(36)23-6-2-3-7-25(23)33-29(37)24-10-9-21(35-16-4-1-5-17-35)18-26(24)38-22-12-14-31-15-13-22;;/h2-3,6-11,18-19,22,31H,1,4-5,12-17H2,(H,33,37)(H,32,34,36);2*1H. The number of nitrogens with one attached hydrogen (secondary N) is 3. The van der Waals surface area contributed by atoms with E-state index >= 15 is 0 Å². The van der Waals surface area contributed by atoms with Gasteiger partial charge in [-0.15, -0.1) is 24.8 Å². The minimum atomic E-state index is -0.387. The van der Waals surface area contributed by atoms with Crippen LogP contribution in [-0.2, 0) is 0 Å². The van der Waals surface area contributed by atoms with Crippen molar-refractivity contribution in [2.75, 3.05) is 41.7 Å². The molecule has 214 valence electrons. The molecule has 0 saturated carbocycles. The Kier molecular flexibility index (Phi) is 11.9. The molecule has 3 N–H and O–H groups in total. The van der Waals surface area contributed by atoms with Crippen LogP contribution in [0, 0.1) is 0 Å². The van der Waals surface area contributed by atoms with Gasteiger partial charge in [0.2, 0.25) is 0 Å². The summed E-state index contributed by atoms with van der Waals surface area (Å²) in [5, 5.41) is 9.51. The molecule has 3 aromatic rings. The molecule has 8 nitrogen and oxygen atoms in total. The third-order valence-electron chi connectivity index (χ3n) is 6.90. The molecule has 2 fully saturated rings. The molecule has 5 rings (SSSR count). The van der Waals surface area contributed by atoms with Gasteiger partial charge >= 0.3 is 0 Å². The van der Waals surface area contributed by atoms with E-state index in [1.54, 1.807) is 36.4 Å². The van der Waals surface area contributed by atoms with Gasteiger partial charge in [-0.05, 0) is 81.6 Å². The zero-order chi connectivity index (χ0) is 26.3. The van der Waals surface area contributed by atoms with E-state index in [1.807, 2.05) is 18.2 Å². The Balaban J connectivity index is 0.00000220. The fourth-order valence-electron chi connectivity index (χ4n) is 4.85. The molecular formula is C29H34Cl3N5O3. The summed E-state index contributed by atoms with van der Waals surface area (Å²) >= 11 is 5.90. The minimum absolute atomic E-state index is 0. The first-order chi connectivity index (χ1) is 18.6. The summed E-state index contributed by atoms with van der Waals surface area (Å²) in [5.74, 6) is 0.225. The first kappa shape index (κ1) is 31.5. The van der Waals surface area contributed by atoms with Crippen LogP contribution in [0.15, 0.2) is 60.8 Å². The highest BCUT2D eigenvalue weighted by molar-refractivity contribution is 6.30. The van der Waals surface area contributed by atoms with Crippen molar-refractivity contribution in [3.63, 3.8) is 0 Å². The Hall–Kier alpha value is -3.04. The highest BCUT2D eigenvalue weighted by Crippen LogP contribution is 2.31. The second kappa shape index (κ2) is 15.1. The van der Waals surface area contributed by atoms with Crippen molar-refractivity contribution < 1.29 is 14.3 Å². The van der Waals surface area contributed by atoms with Crippen molar-refractivity contribution in [1.29, 1.82) is 0 Å². The number of ether oxygens (including phenoxy) is 1. The summed E-state index contributed by atoms with van der Waals surface area (Å²) in [6.45, 7) is 3.79. The number of carbonyl (C=O) groups is 2. The normalized spacial score (nSPS) is 15.3. The monoisotopic (exact) mass is 605 g/mol. The third kappa shape index (κ3) is 8.01. The fourth-order valence-corrected chi connectivity index (χ4v) is 4.96. The van der Waals surface area contributed by atoms with Crippen molar-refractivity contribution in [3.8, 4) is 5.75 Å². The first-order valence-corrected chi connectivity index (χ1v) is 13.5. The van der Waals surface area contributed by atoms with E-state index in [2.05, 4.69) is 25.8 Å². The second-order valence-corrected chi connectivity index (χ2v) is 10.0. The largest absolute Gasteiger partial charge is 0.489 e. The van der Waals surface area contributed by atoms with Gasteiger partial charge in [-0.3, -0.25) is 9.59 Å². The molecule has 1 aromatic heterocycles. The van der Waals surface area contributed by atoms with E-state index in [-0.39, 0.29) is 42.7 Å². The SMILES string of the molecule is Cl.Cl.O=C(Nc1ccc(Cl)cn1)c1ccccc1NC(=O)c1ccc(N2CCCCC2)cc1OC1CCNCC1. The van der Waals surface area contributed by atoms with Crippen LogP contribution in [0.1, 0.15) is 52.8 Å². The predicted octanol–water partition coefficient (Wildman–Crippen LogP) is 6.20. The molecule has 3 heterocycles. The molecule has 2 saturated heterocycles. The van der Waals surface area contributed by atoms with E-state index in [9.17, 15) is 9.59 Å². The lowest BCUT2D eigenvalue weighted by Crippen LogP contribution is -2.34. The number of benzene rings is 2. The maximum atomic E-state index is 13.6. The highest BCUT2D eigenvalue weighted by Gasteiger charge is 2.23. The Bertz CT molecular complexity index is 1280. The van der Waals surface area contributed by atoms with E-state index in [0.717, 1.165) is 57.5 Å². The van der Waals surface area contributed by atoms with Crippen LogP contribution in [0.4, 0.5) is 17.2 Å². The number of aromatic nitrogens is 1. The number of rotatable bonds is 7. The van der Waals surface area contributed by atoms with Crippen LogP contribution in [0.25, 0.3) is 0 Å².